The van der Waals surface area contributed by atoms with Gasteiger partial charge in [-0.2, -0.15) is 5.10 Å². The van der Waals surface area contributed by atoms with E-state index < -0.39 is 0 Å². The number of carbonyl (C=O) groups is 1. The zero-order chi connectivity index (χ0) is 11.1. The van der Waals surface area contributed by atoms with E-state index in [1.807, 2.05) is 12.1 Å². The predicted octanol–water partition coefficient (Wildman–Crippen LogP) is 2.84. The van der Waals surface area contributed by atoms with E-state index in [1.54, 1.807) is 12.1 Å². The summed E-state index contributed by atoms with van der Waals surface area (Å²) in [4.78, 5) is 11.8. The molecule has 0 unspecified atom stereocenters. The lowest BCUT2D eigenvalue weighted by atomic mass is 10.2. The van der Waals surface area contributed by atoms with Crippen molar-refractivity contribution >= 4 is 28.9 Å². The van der Waals surface area contributed by atoms with E-state index in [1.165, 1.54) is 17.9 Å². The molecule has 3 nitrogen and oxygen atoms in total. The summed E-state index contributed by atoms with van der Waals surface area (Å²) in [5.41, 5.74) is 1.84. The van der Waals surface area contributed by atoms with Crippen molar-refractivity contribution in [2.24, 2.45) is 11.0 Å². The Hall–Kier alpha value is -1.35. The Morgan fingerprint density at radius 2 is 1.94 bits per heavy atom. The fourth-order valence-corrected chi connectivity index (χ4v) is 2.00. The van der Waals surface area contributed by atoms with Gasteiger partial charge in [0.25, 0.3) is 5.91 Å². The standard InChI is InChI=1S/C12H11ClN2O/c13-9-3-5-10(6-4-9)15-12(16)7-11(14-15)8-1-2-8/h3-6,8H,1-2,7H2. The number of carbonyl (C=O) groups excluding carboxylic acids is 1. The molecule has 1 aromatic rings. The van der Waals surface area contributed by atoms with E-state index in [0.29, 0.717) is 17.4 Å². The molecular weight excluding hydrogens is 224 g/mol. The molecule has 0 atom stereocenters. The van der Waals surface area contributed by atoms with E-state index in [9.17, 15) is 4.79 Å². The van der Waals surface area contributed by atoms with E-state index in [0.717, 1.165) is 11.4 Å². The van der Waals surface area contributed by atoms with Crippen LogP contribution in [0.2, 0.25) is 5.02 Å². The number of hydrogen-bond acceptors (Lipinski definition) is 2. The average molecular weight is 235 g/mol. The first-order valence-corrected chi connectivity index (χ1v) is 5.78. The molecule has 0 aromatic heterocycles. The van der Waals surface area contributed by atoms with Crippen LogP contribution in [0.15, 0.2) is 29.4 Å². The molecule has 1 aliphatic heterocycles. The first kappa shape index (κ1) is 9.85. The van der Waals surface area contributed by atoms with Crippen molar-refractivity contribution in [1.82, 2.24) is 0 Å². The summed E-state index contributed by atoms with van der Waals surface area (Å²) in [6, 6.07) is 7.18. The van der Waals surface area contributed by atoms with E-state index in [-0.39, 0.29) is 5.91 Å². The summed E-state index contributed by atoms with van der Waals surface area (Å²) in [6.45, 7) is 0. The molecule has 0 spiro atoms. The van der Waals surface area contributed by atoms with Crippen molar-refractivity contribution in [3.05, 3.63) is 29.3 Å². The van der Waals surface area contributed by atoms with Gasteiger partial charge in [0.1, 0.15) is 0 Å². The van der Waals surface area contributed by atoms with Crippen molar-refractivity contribution in [3.63, 3.8) is 0 Å². The smallest absolute Gasteiger partial charge is 0.253 e. The minimum atomic E-state index is 0.0595. The number of benzene rings is 1. The maximum atomic E-state index is 11.8. The molecule has 1 fully saturated rings. The van der Waals surface area contributed by atoms with Gasteiger partial charge in [-0.1, -0.05) is 11.6 Å². The summed E-state index contributed by atoms with van der Waals surface area (Å²) in [6.07, 6.45) is 2.84. The zero-order valence-electron chi connectivity index (χ0n) is 8.69. The summed E-state index contributed by atoms with van der Waals surface area (Å²) in [5, 5.41) is 6.55. The quantitative estimate of drug-likeness (QED) is 0.775. The molecule has 0 N–H and O–H groups in total. The zero-order valence-corrected chi connectivity index (χ0v) is 9.44. The third-order valence-corrected chi connectivity index (χ3v) is 3.17. The third-order valence-electron chi connectivity index (χ3n) is 2.92. The number of hydrogen-bond donors (Lipinski definition) is 0. The molecule has 0 radical (unpaired) electrons. The van der Waals surface area contributed by atoms with Crippen LogP contribution in [0.3, 0.4) is 0 Å². The molecule has 4 heteroatoms. The number of rotatable bonds is 2. The summed E-state index contributed by atoms with van der Waals surface area (Å²) < 4.78 is 0. The molecule has 3 rings (SSSR count). The highest BCUT2D eigenvalue weighted by molar-refractivity contribution is 6.30. The van der Waals surface area contributed by atoms with Gasteiger partial charge in [-0.05, 0) is 43.0 Å². The van der Waals surface area contributed by atoms with E-state index in [4.69, 9.17) is 11.6 Å². The molecule has 1 saturated carbocycles. The van der Waals surface area contributed by atoms with Crippen molar-refractivity contribution in [2.75, 3.05) is 5.01 Å². The van der Waals surface area contributed by atoms with Crippen molar-refractivity contribution in [3.8, 4) is 0 Å². The van der Waals surface area contributed by atoms with Gasteiger partial charge in [-0.25, -0.2) is 5.01 Å². The number of halogens is 1. The van der Waals surface area contributed by atoms with Crippen LogP contribution in [0.25, 0.3) is 0 Å². The largest absolute Gasteiger partial charge is 0.272 e. The number of hydrazone groups is 1. The molecule has 82 valence electrons. The van der Waals surface area contributed by atoms with Crippen LogP contribution in [0.1, 0.15) is 19.3 Å². The molecule has 0 saturated heterocycles. The highest BCUT2D eigenvalue weighted by Gasteiger charge is 2.35. The van der Waals surface area contributed by atoms with Crippen LogP contribution < -0.4 is 5.01 Å². The maximum absolute atomic E-state index is 11.8. The molecule has 2 aliphatic rings. The molecule has 1 aliphatic carbocycles. The summed E-state index contributed by atoms with van der Waals surface area (Å²) >= 11 is 5.80. The van der Waals surface area contributed by atoms with Crippen LogP contribution in [0.4, 0.5) is 5.69 Å². The molecule has 16 heavy (non-hydrogen) atoms. The Balaban J connectivity index is 1.88. The van der Waals surface area contributed by atoms with Crippen LogP contribution in [-0.2, 0) is 4.79 Å². The topological polar surface area (TPSA) is 32.7 Å². The molecule has 1 amide bonds. The predicted molar refractivity (Wildman–Crippen MR) is 63.7 cm³/mol. The van der Waals surface area contributed by atoms with Gasteiger partial charge in [0, 0.05) is 5.02 Å². The average Bonchev–Trinajstić information content (AvgIpc) is 3.04. The van der Waals surface area contributed by atoms with Crippen LogP contribution >= 0.6 is 11.6 Å². The second-order valence-electron chi connectivity index (χ2n) is 4.22. The lowest BCUT2D eigenvalue weighted by Crippen LogP contribution is -2.19. The number of nitrogens with zero attached hydrogens (tertiary/aromatic N) is 2. The lowest BCUT2D eigenvalue weighted by molar-refractivity contribution is -0.116. The van der Waals surface area contributed by atoms with Gasteiger partial charge in [-0.15, -0.1) is 0 Å². The second kappa shape index (κ2) is 3.59. The van der Waals surface area contributed by atoms with Crippen molar-refractivity contribution < 1.29 is 4.79 Å². The van der Waals surface area contributed by atoms with Gasteiger partial charge in [0.05, 0.1) is 17.8 Å². The number of anilines is 1. The molecular formula is C12H11ClN2O. The second-order valence-corrected chi connectivity index (χ2v) is 4.66. The van der Waals surface area contributed by atoms with Crippen LogP contribution in [0, 0.1) is 5.92 Å². The van der Waals surface area contributed by atoms with Gasteiger partial charge in [-0.3, -0.25) is 4.79 Å². The fourth-order valence-electron chi connectivity index (χ4n) is 1.88. The van der Waals surface area contributed by atoms with Crippen molar-refractivity contribution in [1.29, 1.82) is 0 Å². The van der Waals surface area contributed by atoms with Gasteiger partial charge < -0.3 is 0 Å². The fraction of sp³-hybridized carbons (Fsp3) is 0.333. The van der Waals surface area contributed by atoms with Crippen molar-refractivity contribution in [2.45, 2.75) is 19.3 Å². The summed E-state index contributed by atoms with van der Waals surface area (Å²) in [5.74, 6) is 0.616. The maximum Gasteiger partial charge on any atom is 0.253 e. The highest BCUT2D eigenvalue weighted by atomic mass is 35.5. The summed E-state index contributed by atoms with van der Waals surface area (Å²) in [7, 11) is 0. The first-order valence-electron chi connectivity index (χ1n) is 5.40. The highest BCUT2D eigenvalue weighted by Crippen LogP contribution is 2.35. The lowest BCUT2D eigenvalue weighted by Gasteiger charge is -2.11. The third kappa shape index (κ3) is 1.71. The van der Waals surface area contributed by atoms with Gasteiger partial charge in [0.2, 0.25) is 0 Å². The minimum absolute atomic E-state index is 0.0595. The molecule has 1 aromatic carbocycles. The monoisotopic (exact) mass is 234 g/mol. The number of amides is 1. The molecule has 0 bridgehead atoms. The van der Waals surface area contributed by atoms with Gasteiger partial charge >= 0.3 is 0 Å². The minimum Gasteiger partial charge on any atom is -0.272 e. The SMILES string of the molecule is O=C1CC(C2CC2)=NN1c1ccc(Cl)cc1. The van der Waals surface area contributed by atoms with Crippen LogP contribution in [-0.4, -0.2) is 11.6 Å². The Bertz CT molecular complexity index is 462. The Kier molecular flexibility index (Phi) is 2.21. The Labute approximate surface area is 98.7 Å². The van der Waals surface area contributed by atoms with Gasteiger partial charge in [0.15, 0.2) is 0 Å². The van der Waals surface area contributed by atoms with E-state index in [2.05, 4.69) is 5.10 Å². The molecule has 1 heterocycles. The van der Waals surface area contributed by atoms with Crippen LogP contribution in [0.5, 0.6) is 0 Å². The normalized spacial score (nSPS) is 20.2. The first-order chi connectivity index (χ1) is 7.74. The Morgan fingerprint density at radius 3 is 2.56 bits per heavy atom. The van der Waals surface area contributed by atoms with E-state index >= 15 is 0 Å². The Morgan fingerprint density at radius 1 is 1.25 bits per heavy atom.